The first-order valence-electron chi connectivity index (χ1n) is 8.38. The summed E-state index contributed by atoms with van der Waals surface area (Å²) in [5.74, 6) is 0.634. The van der Waals surface area contributed by atoms with Gasteiger partial charge in [0.05, 0.1) is 12.7 Å². The van der Waals surface area contributed by atoms with Crippen LogP contribution in [0.15, 0.2) is 64.5 Å². The topological polar surface area (TPSA) is 87.3 Å². The number of para-hydroxylation sites is 1. The number of methoxy groups -OCH3 is 1. The molecule has 0 aliphatic heterocycles. The Labute approximate surface area is 164 Å². The van der Waals surface area contributed by atoms with Crippen molar-refractivity contribution in [1.82, 2.24) is 15.1 Å². The predicted molar refractivity (Wildman–Crippen MR) is 103 cm³/mol. The van der Waals surface area contributed by atoms with Crippen LogP contribution in [0.2, 0.25) is 0 Å². The van der Waals surface area contributed by atoms with E-state index in [0.717, 1.165) is 10.6 Å². The molecule has 8 heteroatoms. The van der Waals surface area contributed by atoms with Gasteiger partial charge < -0.3 is 14.0 Å². The number of hydrogen-bond donors (Lipinski definition) is 0. The number of rotatable bonds is 6. The first-order valence-corrected chi connectivity index (χ1v) is 9.26. The van der Waals surface area contributed by atoms with E-state index in [-0.39, 0.29) is 18.2 Å². The molecule has 0 N–H and O–H groups in total. The summed E-state index contributed by atoms with van der Waals surface area (Å²) in [7, 11) is 1.57. The molecule has 2 aromatic carbocycles. The summed E-state index contributed by atoms with van der Waals surface area (Å²) in [6, 6.07) is 17.0. The highest BCUT2D eigenvalue weighted by molar-refractivity contribution is 7.13. The number of nitrogens with zero attached hydrogens (tertiary/aromatic N) is 3. The summed E-state index contributed by atoms with van der Waals surface area (Å²) in [4.78, 5) is 20.8. The minimum Gasteiger partial charge on any atom is -0.496 e. The first kappa shape index (κ1) is 17.9. The van der Waals surface area contributed by atoms with Crippen molar-refractivity contribution < 1.29 is 18.8 Å². The second kappa shape index (κ2) is 8.01. The van der Waals surface area contributed by atoms with E-state index in [4.69, 9.17) is 14.0 Å². The number of esters is 1. The van der Waals surface area contributed by atoms with Crippen molar-refractivity contribution >= 4 is 17.3 Å². The number of thiazole rings is 1. The molecule has 140 valence electrons. The van der Waals surface area contributed by atoms with Gasteiger partial charge in [-0.15, -0.1) is 11.3 Å². The SMILES string of the molecule is COc1ccccc1-c1noc(COC(=O)c2csc(-c3ccccc3)n2)n1. The Morgan fingerprint density at radius 3 is 2.68 bits per heavy atom. The van der Waals surface area contributed by atoms with Gasteiger partial charge in [0.2, 0.25) is 5.82 Å². The van der Waals surface area contributed by atoms with Crippen molar-refractivity contribution in [2.24, 2.45) is 0 Å². The summed E-state index contributed by atoms with van der Waals surface area (Å²) in [6.07, 6.45) is 0. The summed E-state index contributed by atoms with van der Waals surface area (Å²) < 4.78 is 15.7. The summed E-state index contributed by atoms with van der Waals surface area (Å²) >= 11 is 1.38. The maximum Gasteiger partial charge on any atom is 0.358 e. The standard InChI is InChI=1S/C20H15N3O4S/c1-25-16-10-6-5-9-14(16)18-22-17(27-23-18)11-26-20(24)15-12-28-19(21-15)13-7-3-2-4-8-13/h2-10,12H,11H2,1H3. The van der Waals surface area contributed by atoms with E-state index in [9.17, 15) is 4.79 Å². The Kier molecular flexibility index (Phi) is 5.11. The molecule has 0 radical (unpaired) electrons. The Morgan fingerprint density at radius 1 is 1.07 bits per heavy atom. The zero-order valence-corrected chi connectivity index (χ0v) is 15.7. The molecule has 0 spiro atoms. The lowest BCUT2D eigenvalue weighted by Crippen LogP contribution is -2.05. The molecule has 2 aromatic heterocycles. The van der Waals surface area contributed by atoms with Crippen LogP contribution in [-0.4, -0.2) is 28.2 Å². The fourth-order valence-corrected chi connectivity index (χ4v) is 3.33. The zero-order chi connectivity index (χ0) is 19.3. The lowest BCUT2D eigenvalue weighted by Gasteiger charge is -2.03. The van der Waals surface area contributed by atoms with Gasteiger partial charge in [0.15, 0.2) is 12.3 Å². The smallest absolute Gasteiger partial charge is 0.358 e. The van der Waals surface area contributed by atoms with Gasteiger partial charge in [0, 0.05) is 10.9 Å². The zero-order valence-electron chi connectivity index (χ0n) is 14.9. The molecular weight excluding hydrogens is 378 g/mol. The van der Waals surface area contributed by atoms with Gasteiger partial charge in [-0.2, -0.15) is 4.98 Å². The predicted octanol–water partition coefficient (Wildman–Crippen LogP) is 4.23. The van der Waals surface area contributed by atoms with E-state index in [2.05, 4.69) is 15.1 Å². The highest BCUT2D eigenvalue weighted by atomic mass is 32.1. The molecule has 0 bridgehead atoms. The number of benzene rings is 2. The van der Waals surface area contributed by atoms with Gasteiger partial charge in [-0.05, 0) is 12.1 Å². The number of carbonyl (C=O) groups excluding carboxylic acids is 1. The van der Waals surface area contributed by atoms with Gasteiger partial charge >= 0.3 is 5.97 Å². The number of ether oxygens (including phenoxy) is 2. The third-order valence-corrected chi connectivity index (χ3v) is 4.77. The van der Waals surface area contributed by atoms with E-state index in [1.807, 2.05) is 48.5 Å². The molecule has 4 rings (SSSR count). The van der Waals surface area contributed by atoms with Crippen molar-refractivity contribution in [1.29, 1.82) is 0 Å². The van der Waals surface area contributed by atoms with E-state index in [1.54, 1.807) is 18.6 Å². The van der Waals surface area contributed by atoms with Crippen LogP contribution in [0.5, 0.6) is 5.75 Å². The van der Waals surface area contributed by atoms with Crippen molar-refractivity contribution in [3.63, 3.8) is 0 Å². The lowest BCUT2D eigenvalue weighted by atomic mass is 10.2. The van der Waals surface area contributed by atoms with Crippen molar-refractivity contribution in [2.45, 2.75) is 6.61 Å². The average molecular weight is 393 g/mol. The Balaban J connectivity index is 1.42. The molecule has 0 saturated carbocycles. The van der Waals surface area contributed by atoms with Gasteiger partial charge in [-0.25, -0.2) is 9.78 Å². The minimum absolute atomic E-state index is 0.140. The van der Waals surface area contributed by atoms with E-state index < -0.39 is 5.97 Å². The normalized spacial score (nSPS) is 10.6. The summed E-state index contributed by atoms with van der Waals surface area (Å²) in [5, 5.41) is 6.34. The number of carbonyl (C=O) groups is 1. The molecular formula is C20H15N3O4S. The first-order chi connectivity index (χ1) is 13.7. The highest BCUT2D eigenvalue weighted by Crippen LogP contribution is 2.27. The van der Waals surface area contributed by atoms with E-state index in [0.29, 0.717) is 17.1 Å². The van der Waals surface area contributed by atoms with Crippen molar-refractivity contribution in [3.8, 4) is 27.7 Å². The fourth-order valence-electron chi connectivity index (χ4n) is 2.53. The second-order valence-electron chi connectivity index (χ2n) is 5.69. The van der Waals surface area contributed by atoms with Gasteiger partial charge in [0.1, 0.15) is 10.8 Å². The molecule has 2 heterocycles. The van der Waals surface area contributed by atoms with Crippen molar-refractivity contribution in [2.75, 3.05) is 7.11 Å². The molecule has 4 aromatic rings. The van der Waals surface area contributed by atoms with Crippen LogP contribution in [0.25, 0.3) is 22.0 Å². The molecule has 0 aliphatic rings. The van der Waals surface area contributed by atoms with Gasteiger partial charge in [0.25, 0.3) is 5.89 Å². The maximum absolute atomic E-state index is 12.3. The summed E-state index contributed by atoms with van der Waals surface area (Å²) in [5.41, 5.74) is 1.89. The van der Waals surface area contributed by atoms with Crippen LogP contribution in [0.1, 0.15) is 16.4 Å². The third-order valence-electron chi connectivity index (χ3n) is 3.88. The molecule has 0 atom stereocenters. The second-order valence-corrected chi connectivity index (χ2v) is 6.55. The fraction of sp³-hybridized carbons (Fsp3) is 0.100. The summed E-state index contributed by atoms with van der Waals surface area (Å²) in [6.45, 7) is -0.140. The van der Waals surface area contributed by atoms with Gasteiger partial charge in [-0.1, -0.05) is 47.6 Å². The molecule has 0 fully saturated rings. The number of hydrogen-bond acceptors (Lipinski definition) is 8. The van der Waals surface area contributed by atoms with Crippen LogP contribution in [0.4, 0.5) is 0 Å². The minimum atomic E-state index is -0.546. The molecule has 28 heavy (non-hydrogen) atoms. The van der Waals surface area contributed by atoms with E-state index >= 15 is 0 Å². The molecule has 0 aliphatic carbocycles. The van der Waals surface area contributed by atoms with Crippen LogP contribution < -0.4 is 4.74 Å². The molecule has 0 saturated heterocycles. The Morgan fingerprint density at radius 2 is 1.86 bits per heavy atom. The van der Waals surface area contributed by atoms with Gasteiger partial charge in [-0.3, -0.25) is 0 Å². The maximum atomic E-state index is 12.3. The quantitative estimate of drug-likeness (QED) is 0.453. The molecule has 7 nitrogen and oxygen atoms in total. The molecule has 0 unspecified atom stereocenters. The number of aromatic nitrogens is 3. The van der Waals surface area contributed by atoms with Crippen LogP contribution in [-0.2, 0) is 11.3 Å². The van der Waals surface area contributed by atoms with Crippen LogP contribution in [0.3, 0.4) is 0 Å². The van der Waals surface area contributed by atoms with Crippen molar-refractivity contribution in [3.05, 3.63) is 71.6 Å². The Hall–Kier alpha value is -3.52. The lowest BCUT2D eigenvalue weighted by molar-refractivity contribution is 0.0424. The monoisotopic (exact) mass is 393 g/mol. The van der Waals surface area contributed by atoms with E-state index in [1.165, 1.54) is 11.3 Å². The average Bonchev–Trinajstić information content (AvgIpc) is 3.43. The third kappa shape index (κ3) is 3.77. The molecule has 0 amide bonds. The Bertz CT molecular complexity index is 1090. The van der Waals surface area contributed by atoms with Crippen LogP contribution >= 0.6 is 11.3 Å². The largest absolute Gasteiger partial charge is 0.496 e. The van der Waals surface area contributed by atoms with Crippen LogP contribution in [0, 0.1) is 0 Å². The highest BCUT2D eigenvalue weighted by Gasteiger charge is 2.17.